The average molecular weight is 1000 g/mol. The van der Waals surface area contributed by atoms with Crippen molar-refractivity contribution in [2.24, 2.45) is 0 Å². The molecule has 9 heterocycles. The van der Waals surface area contributed by atoms with Gasteiger partial charge < -0.3 is 28.2 Å². The van der Waals surface area contributed by atoms with E-state index in [1.165, 1.54) is 33.4 Å². The molecule has 9 nitrogen and oxygen atoms in total. The van der Waals surface area contributed by atoms with Crippen LogP contribution < -0.4 is 0 Å². The van der Waals surface area contributed by atoms with Crippen molar-refractivity contribution in [2.75, 3.05) is 0 Å². The number of fused-ring (bicyclic) bond motifs is 18. The Balaban J connectivity index is 0.00000433. The second kappa shape index (κ2) is 15.4. The molecule has 0 fully saturated rings. The maximum absolute atomic E-state index is 5.02. The standard InChI is InChI=1S/C54H36N9.Ir/c1-4-10-46-40(7-1)52-43(49-28-55-31-61(46)49)22-37(25-58-52)16-13-34-19-35(14-17-38-23-44-50-29-56-32-62(50)47-11-5-2-8-41(47)53(44)59-26-38)21-36(20-34)15-18-39-24-45-51-30-57-33-63(51)48-12-6-3-9-42(48)54(45)60-27-39;/h1-6,10-12,19-33H,13-18H2;/q-3;+3. The average Bonchev–Trinajstić information content (AvgIpc) is 4.15. The third-order valence-corrected chi connectivity index (χ3v) is 12.8. The second-order valence-corrected chi connectivity index (χ2v) is 16.6. The molecule has 4 aromatic carbocycles. The molecular weight excluding hydrogens is 967 g/mol. The number of aryl methyl sites for hydroxylation is 6. The monoisotopic (exact) mass is 1000 g/mol. The maximum Gasteiger partial charge on any atom is 3.00 e. The van der Waals surface area contributed by atoms with Crippen molar-refractivity contribution in [2.45, 2.75) is 38.5 Å². The molecule has 0 aliphatic rings. The first kappa shape index (κ1) is 38.3. The molecule has 0 aliphatic carbocycles. The van der Waals surface area contributed by atoms with Crippen LogP contribution in [0.4, 0.5) is 0 Å². The third-order valence-electron chi connectivity index (χ3n) is 12.8. The van der Waals surface area contributed by atoms with Crippen LogP contribution in [-0.2, 0) is 58.6 Å². The molecule has 64 heavy (non-hydrogen) atoms. The van der Waals surface area contributed by atoms with E-state index in [0.717, 1.165) is 120 Å². The van der Waals surface area contributed by atoms with Gasteiger partial charge in [-0.1, -0.05) is 36.4 Å². The van der Waals surface area contributed by atoms with E-state index in [0.29, 0.717) is 0 Å². The predicted octanol–water partition coefficient (Wildman–Crippen LogP) is 10.5. The molecule has 9 aromatic heterocycles. The summed E-state index contributed by atoms with van der Waals surface area (Å²) in [6, 6.07) is 42.6. The van der Waals surface area contributed by atoms with E-state index in [4.69, 9.17) is 15.0 Å². The Morgan fingerprint density at radius 3 is 1.00 bits per heavy atom. The largest absolute Gasteiger partial charge is 3.00 e. The van der Waals surface area contributed by atoms with Crippen LogP contribution in [-0.4, -0.2) is 43.1 Å². The van der Waals surface area contributed by atoms with Gasteiger partial charge in [-0.2, -0.15) is 0 Å². The SMILES string of the molecule is [Ir+3].[c-]1cccc2c1c1ncc(CCc3cc(CCc4cnc5c6[c-]cccc6n6cncc6c5c4)cc(CCc4cnc5c6[c-]cccc6n6cncc6c5c4)c3)cc1c1cncn21. The van der Waals surface area contributed by atoms with E-state index in [9.17, 15) is 0 Å². The summed E-state index contributed by atoms with van der Waals surface area (Å²) in [7, 11) is 0. The van der Waals surface area contributed by atoms with Gasteiger partial charge in [0.05, 0.1) is 54.1 Å². The van der Waals surface area contributed by atoms with E-state index in [1.807, 2.05) is 92.6 Å². The van der Waals surface area contributed by atoms with Crippen LogP contribution in [0.5, 0.6) is 0 Å². The van der Waals surface area contributed by atoms with Crippen LogP contribution in [0.1, 0.15) is 33.4 Å². The fourth-order valence-electron chi connectivity index (χ4n) is 9.77. The van der Waals surface area contributed by atoms with Crippen molar-refractivity contribution in [3.05, 3.63) is 199 Å². The molecule has 0 N–H and O–H groups in total. The molecule has 0 bridgehead atoms. The van der Waals surface area contributed by atoms with Gasteiger partial charge in [-0.25, -0.2) is 15.0 Å². The number of benzene rings is 4. The quantitative estimate of drug-likeness (QED) is 0.106. The van der Waals surface area contributed by atoms with Crippen molar-refractivity contribution in [1.82, 2.24) is 43.1 Å². The maximum atomic E-state index is 5.02. The molecule has 10 heteroatoms. The van der Waals surface area contributed by atoms with Crippen molar-refractivity contribution >= 4 is 82.0 Å². The minimum absolute atomic E-state index is 0. The minimum atomic E-state index is 0. The summed E-state index contributed by atoms with van der Waals surface area (Å²) in [5.74, 6) is 0. The normalized spacial score (nSPS) is 12.0. The van der Waals surface area contributed by atoms with Gasteiger partial charge in [0.25, 0.3) is 0 Å². The van der Waals surface area contributed by atoms with Crippen LogP contribution in [0.25, 0.3) is 82.0 Å². The summed E-state index contributed by atoms with van der Waals surface area (Å²) >= 11 is 0. The Hall–Kier alpha value is -7.39. The molecule has 0 atom stereocenters. The fourth-order valence-corrected chi connectivity index (χ4v) is 9.77. The summed E-state index contributed by atoms with van der Waals surface area (Å²) < 4.78 is 6.43. The van der Waals surface area contributed by atoms with Crippen molar-refractivity contribution in [3.63, 3.8) is 0 Å². The molecule has 0 saturated heterocycles. The zero-order valence-corrected chi connectivity index (χ0v) is 36.9. The van der Waals surface area contributed by atoms with E-state index >= 15 is 0 Å². The summed E-state index contributed by atoms with van der Waals surface area (Å²) in [5.41, 5.74) is 16.8. The Morgan fingerprint density at radius 2 is 0.672 bits per heavy atom. The number of imidazole rings is 3. The molecule has 13 rings (SSSR count). The van der Waals surface area contributed by atoms with Gasteiger partial charge in [0, 0.05) is 18.6 Å². The van der Waals surface area contributed by atoms with Crippen molar-refractivity contribution < 1.29 is 20.1 Å². The van der Waals surface area contributed by atoms with Gasteiger partial charge in [-0.3, -0.25) is 0 Å². The van der Waals surface area contributed by atoms with Gasteiger partial charge in [0.15, 0.2) is 0 Å². The van der Waals surface area contributed by atoms with Crippen LogP contribution in [0, 0.1) is 18.2 Å². The number of nitrogens with zero attached hydrogens (tertiary/aromatic N) is 9. The Morgan fingerprint density at radius 1 is 0.359 bits per heavy atom. The van der Waals surface area contributed by atoms with E-state index in [-0.39, 0.29) is 20.1 Å². The smallest absolute Gasteiger partial charge is 0.342 e. The third kappa shape index (κ3) is 6.32. The van der Waals surface area contributed by atoms with Gasteiger partial charge in [0.1, 0.15) is 0 Å². The van der Waals surface area contributed by atoms with Gasteiger partial charge in [0.2, 0.25) is 0 Å². The van der Waals surface area contributed by atoms with Crippen LogP contribution >= 0.6 is 0 Å². The Kier molecular flexibility index (Phi) is 9.24. The zero-order chi connectivity index (χ0) is 41.4. The van der Waals surface area contributed by atoms with E-state index in [1.54, 1.807) is 0 Å². The van der Waals surface area contributed by atoms with Crippen LogP contribution in [0.3, 0.4) is 0 Å². The molecule has 0 spiro atoms. The molecule has 0 saturated carbocycles. The number of rotatable bonds is 9. The molecule has 0 radical (unpaired) electrons. The number of aromatic nitrogens is 9. The molecule has 0 unspecified atom stereocenters. The summed E-state index contributed by atoms with van der Waals surface area (Å²) in [5, 5.41) is 6.31. The summed E-state index contributed by atoms with van der Waals surface area (Å²) in [6.07, 6.45) is 22.8. The van der Waals surface area contributed by atoms with Crippen LogP contribution in [0.15, 0.2) is 147 Å². The predicted molar refractivity (Wildman–Crippen MR) is 249 cm³/mol. The second-order valence-electron chi connectivity index (χ2n) is 16.6. The topological polar surface area (TPSA) is 90.6 Å². The molecule has 306 valence electrons. The number of hydrogen-bond acceptors (Lipinski definition) is 6. The first-order chi connectivity index (χ1) is 31.2. The molecular formula is C54H36IrN9. The zero-order valence-electron chi connectivity index (χ0n) is 34.5. The Bertz CT molecular complexity index is 3540. The molecule has 13 aromatic rings. The van der Waals surface area contributed by atoms with E-state index < -0.39 is 0 Å². The first-order valence-electron chi connectivity index (χ1n) is 21.4. The molecule has 0 amide bonds. The summed E-state index contributed by atoms with van der Waals surface area (Å²) in [4.78, 5) is 28.6. The minimum Gasteiger partial charge on any atom is -0.342 e. The number of pyridine rings is 6. The first-order valence-corrected chi connectivity index (χ1v) is 21.4. The van der Waals surface area contributed by atoms with Gasteiger partial charge in [-0.05, 0) is 121 Å². The molecule has 0 aliphatic heterocycles. The van der Waals surface area contributed by atoms with Crippen molar-refractivity contribution in [1.29, 1.82) is 0 Å². The fraction of sp³-hybridized carbons (Fsp3) is 0.111. The van der Waals surface area contributed by atoms with E-state index in [2.05, 4.69) is 101 Å². The van der Waals surface area contributed by atoms with Gasteiger partial charge in [-0.15, -0.1) is 89.0 Å². The van der Waals surface area contributed by atoms with Crippen molar-refractivity contribution in [3.8, 4) is 0 Å². The Labute approximate surface area is 380 Å². The van der Waals surface area contributed by atoms with Gasteiger partial charge >= 0.3 is 20.1 Å². The number of hydrogen-bond donors (Lipinski definition) is 0. The summed E-state index contributed by atoms with van der Waals surface area (Å²) in [6.45, 7) is 0. The van der Waals surface area contributed by atoms with Crippen LogP contribution in [0.2, 0.25) is 0 Å².